The van der Waals surface area contributed by atoms with Gasteiger partial charge in [-0.05, 0) is 47.4 Å². The first-order valence-electron chi connectivity index (χ1n) is 10.8. The van der Waals surface area contributed by atoms with Gasteiger partial charge >= 0.3 is 0 Å². The highest BCUT2D eigenvalue weighted by atomic mass is 16.5. The highest BCUT2D eigenvalue weighted by molar-refractivity contribution is 6.07. The smallest absolute Gasteiger partial charge is 0.254 e. The largest absolute Gasteiger partial charge is 0.479 e. The van der Waals surface area contributed by atoms with Crippen molar-refractivity contribution in [3.05, 3.63) is 77.9 Å². The van der Waals surface area contributed by atoms with Gasteiger partial charge in [0.2, 0.25) is 5.91 Å². The number of fused-ring (bicyclic) bond motifs is 1. The molecule has 1 N–H and O–H groups in total. The summed E-state index contributed by atoms with van der Waals surface area (Å²) < 4.78 is 5.31. The highest BCUT2D eigenvalue weighted by Crippen LogP contribution is 2.24. The molecule has 6 nitrogen and oxygen atoms in total. The average molecular weight is 428 g/mol. The van der Waals surface area contributed by atoms with Crippen LogP contribution in [0.25, 0.3) is 10.8 Å². The third-order valence-corrected chi connectivity index (χ3v) is 5.77. The van der Waals surface area contributed by atoms with E-state index in [1.54, 1.807) is 11.0 Å². The van der Waals surface area contributed by atoms with Gasteiger partial charge in [-0.25, -0.2) is 0 Å². The lowest BCUT2D eigenvalue weighted by molar-refractivity contribution is -0.126. The van der Waals surface area contributed by atoms with Crippen molar-refractivity contribution in [3.63, 3.8) is 0 Å². The molecule has 0 aromatic heterocycles. The van der Waals surface area contributed by atoms with E-state index in [2.05, 4.69) is 5.32 Å². The lowest BCUT2D eigenvalue weighted by Gasteiger charge is -2.32. The van der Waals surface area contributed by atoms with E-state index < -0.39 is 0 Å². The lowest BCUT2D eigenvalue weighted by Crippen LogP contribution is -2.45. The first kappa shape index (κ1) is 21.4. The third kappa shape index (κ3) is 4.89. The van der Waals surface area contributed by atoms with E-state index in [1.165, 1.54) is 0 Å². The second-order valence-electron chi connectivity index (χ2n) is 7.93. The molecule has 0 aliphatic carbocycles. The quantitative estimate of drug-likeness (QED) is 0.647. The number of likely N-dealkylation sites (tertiary alicyclic amines) is 1. The van der Waals surface area contributed by atoms with Gasteiger partial charge in [0.25, 0.3) is 5.91 Å². The van der Waals surface area contributed by atoms with Crippen molar-refractivity contribution in [1.29, 1.82) is 5.26 Å². The number of hydrogen-bond acceptors (Lipinski definition) is 4. The molecule has 1 fully saturated rings. The Hall–Kier alpha value is -3.85. The normalized spacial score (nSPS) is 15.7. The molecule has 4 rings (SSSR count). The van der Waals surface area contributed by atoms with Crippen molar-refractivity contribution in [2.75, 3.05) is 19.7 Å². The van der Waals surface area contributed by atoms with Crippen molar-refractivity contribution in [3.8, 4) is 11.8 Å². The molecular formula is C26H25N3O3. The number of amides is 2. The summed E-state index contributed by atoms with van der Waals surface area (Å²) in [7, 11) is 0. The highest BCUT2D eigenvalue weighted by Gasteiger charge is 2.29. The van der Waals surface area contributed by atoms with Gasteiger partial charge in [0.05, 0.1) is 5.92 Å². The van der Waals surface area contributed by atoms with Crippen LogP contribution in [-0.4, -0.2) is 36.4 Å². The van der Waals surface area contributed by atoms with E-state index >= 15 is 0 Å². The molecule has 1 atom stereocenters. The molecule has 0 bridgehead atoms. The van der Waals surface area contributed by atoms with Gasteiger partial charge in [0.1, 0.15) is 11.8 Å². The zero-order valence-corrected chi connectivity index (χ0v) is 17.8. The minimum atomic E-state index is -0.235. The van der Waals surface area contributed by atoms with Gasteiger partial charge in [-0.2, -0.15) is 5.26 Å². The van der Waals surface area contributed by atoms with E-state index in [9.17, 15) is 9.59 Å². The van der Waals surface area contributed by atoms with Crippen molar-refractivity contribution < 1.29 is 14.3 Å². The van der Waals surface area contributed by atoms with Crippen LogP contribution in [-0.2, 0) is 11.3 Å². The third-order valence-electron chi connectivity index (χ3n) is 5.77. The summed E-state index contributed by atoms with van der Waals surface area (Å²) in [5.41, 5.74) is 1.58. The fourth-order valence-corrected chi connectivity index (χ4v) is 4.15. The number of nitriles is 1. The summed E-state index contributed by atoms with van der Waals surface area (Å²) >= 11 is 0. The summed E-state index contributed by atoms with van der Waals surface area (Å²) in [6.45, 7) is 1.43. The number of ether oxygens (including phenoxy) is 1. The van der Waals surface area contributed by atoms with Crippen molar-refractivity contribution in [1.82, 2.24) is 10.2 Å². The molecule has 162 valence electrons. The monoisotopic (exact) mass is 427 g/mol. The van der Waals surface area contributed by atoms with Gasteiger partial charge in [0, 0.05) is 25.2 Å². The van der Waals surface area contributed by atoms with E-state index in [0.29, 0.717) is 30.9 Å². The number of nitrogens with one attached hydrogen (secondary N) is 1. The Kier molecular flexibility index (Phi) is 6.66. The Bertz CT molecular complexity index is 1160. The lowest BCUT2D eigenvalue weighted by atomic mass is 9.95. The van der Waals surface area contributed by atoms with Gasteiger partial charge in [-0.3, -0.25) is 9.59 Å². The number of piperidine rings is 1. The molecule has 6 heteroatoms. The number of carbonyl (C=O) groups excluding carboxylic acids is 2. The van der Waals surface area contributed by atoms with Crippen LogP contribution in [0.5, 0.6) is 5.75 Å². The minimum Gasteiger partial charge on any atom is -0.479 e. The first-order chi connectivity index (χ1) is 15.7. The topological polar surface area (TPSA) is 82.4 Å². The SMILES string of the molecule is N#CCOc1cccc(CNC(=O)C2CCCN(C(=O)c3cccc4ccccc34)C2)c1. The molecule has 3 aromatic carbocycles. The fourth-order valence-electron chi connectivity index (χ4n) is 4.15. The Labute approximate surface area is 187 Å². The second-order valence-corrected chi connectivity index (χ2v) is 7.93. The molecule has 1 heterocycles. The molecule has 1 aliphatic heterocycles. The Morgan fingerprint density at radius 1 is 1.09 bits per heavy atom. The zero-order chi connectivity index (χ0) is 22.3. The number of carbonyl (C=O) groups is 2. The Balaban J connectivity index is 1.39. The van der Waals surface area contributed by atoms with Gasteiger partial charge in [0.15, 0.2) is 6.61 Å². The Morgan fingerprint density at radius 2 is 1.91 bits per heavy atom. The second kappa shape index (κ2) is 9.97. The Morgan fingerprint density at radius 3 is 2.78 bits per heavy atom. The first-order valence-corrected chi connectivity index (χ1v) is 10.8. The van der Waals surface area contributed by atoms with Crippen LogP contribution in [0.3, 0.4) is 0 Å². The molecule has 0 spiro atoms. The fraction of sp³-hybridized carbons (Fsp3) is 0.269. The van der Waals surface area contributed by atoms with Crippen LogP contribution >= 0.6 is 0 Å². The van der Waals surface area contributed by atoms with Crippen molar-refractivity contribution in [2.24, 2.45) is 5.92 Å². The standard InChI is InChI=1S/C26H25N3O3/c27-13-15-32-22-10-3-6-19(16-22)17-28-25(30)21-9-5-14-29(18-21)26(31)24-12-4-8-20-7-1-2-11-23(20)24/h1-4,6-8,10-12,16,21H,5,9,14-15,17-18H2,(H,28,30). The summed E-state index contributed by atoms with van der Waals surface area (Å²) in [6, 6.07) is 22.9. The van der Waals surface area contributed by atoms with E-state index in [1.807, 2.05) is 66.7 Å². The van der Waals surface area contributed by atoms with E-state index in [0.717, 1.165) is 29.2 Å². The maximum absolute atomic E-state index is 13.2. The predicted molar refractivity (Wildman–Crippen MR) is 122 cm³/mol. The van der Waals surface area contributed by atoms with Crippen LogP contribution < -0.4 is 10.1 Å². The average Bonchev–Trinajstić information content (AvgIpc) is 2.85. The van der Waals surface area contributed by atoms with Crippen LogP contribution in [0.4, 0.5) is 0 Å². The number of benzene rings is 3. The van der Waals surface area contributed by atoms with E-state index in [4.69, 9.17) is 10.00 Å². The van der Waals surface area contributed by atoms with Gasteiger partial charge < -0.3 is 15.0 Å². The molecule has 0 radical (unpaired) electrons. The molecule has 1 saturated heterocycles. The summed E-state index contributed by atoms with van der Waals surface area (Å²) in [5.74, 6) is 0.286. The van der Waals surface area contributed by atoms with Gasteiger partial charge in [-0.15, -0.1) is 0 Å². The molecule has 2 amide bonds. The van der Waals surface area contributed by atoms with Gasteiger partial charge in [-0.1, -0.05) is 48.5 Å². The molecular weight excluding hydrogens is 402 g/mol. The molecule has 1 aliphatic rings. The summed E-state index contributed by atoms with van der Waals surface area (Å²) in [6.07, 6.45) is 1.56. The maximum atomic E-state index is 13.2. The molecule has 3 aromatic rings. The van der Waals surface area contributed by atoms with Crippen molar-refractivity contribution in [2.45, 2.75) is 19.4 Å². The maximum Gasteiger partial charge on any atom is 0.254 e. The van der Waals surface area contributed by atoms with Crippen LogP contribution in [0.1, 0.15) is 28.8 Å². The minimum absolute atomic E-state index is 0.0154. The van der Waals surface area contributed by atoms with Crippen LogP contribution in [0.2, 0.25) is 0 Å². The molecule has 0 saturated carbocycles. The summed E-state index contributed by atoms with van der Waals surface area (Å²) in [4.78, 5) is 27.9. The van der Waals surface area contributed by atoms with Crippen LogP contribution in [0.15, 0.2) is 66.7 Å². The number of nitrogens with zero attached hydrogens (tertiary/aromatic N) is 2. The number of rotatable bonds is 6. The molecule has 1 unspecified atom stereocenters. The predicted octanol–water partition coefficient (Wildman–Crippen LogP) is 3.91. The molecule has 32 heavy (non-hydrogen) atoms. The van der Waals surface area contributed by atoms with Crippen molar-refractivity contribution >= 4 is 22.6 Å². The van der Waals surface area contributed by atoms with Crippen LogP contribution in [0, 0.1) is 17.2 Å². The van der Waals surface area contributed by atoms with E-state index in [-0.39, 0.29) is 24.3 Å². The summed E-state index contributed by atoms with van der Waals surface area (Å²) in [5, 5.41) is 13.6. The number of hydrogen-bond donors (Lipinski definition) is 1. The zero-order valence-electron chi connectivity index (χ0n) is 17.8.